The Labute approximate surface area is 76.3 Å². The maximum Gasteiger partial charge on any atom is 0.513 e. The van der Waals surface area contributed by atoms with E-state index >= 15 is 0 Å². The van der Waals surface area contributed by atoms with E-state index in [9.17, 15) is 4.79 Å². The molecular weight excluding hydrogens is 170 g/mol. The van der Waals surface area contributed by atoms with Gasteiger partial charge in [0.15, 0.2) is 0 Å². The molecule has 1 aromatic carbocycles. The van der Waals surface area contributed by atoms with Crippen LogP contribution in [0.4, 0.5) is 10.5 Å². The Morgan fingerprint density at radius 2 is 2.15 bits per heavy atom. The first-order chi connectivity index (χ1) is 6.13. The number of nitrogen functional groups attached to an aromatic ring is 1. The number of benzene rings is 1. The van der Waals surface area contributed by atoms with Crippen molar-refractivity contribution >= 4 is 11.8 Å². The van der Waals surface area contributed by atoms with Crippen molar-refractivity contribution in [3.63, 3.8) is 0 Å². The molecule has 4 heteroatoms. The van der Waals surface area contributed by atoms with Gasteiger partial charge in [-0.05, 0) is 18.6 Å². The summed E-state index contributed by atoms with van der Waals surface area (Å²) in [5.41, 5.74) is 7.13. The van der Waals surface area contributed by atoms with Crippen LogP contribution in [0.5, 0.6) is 5.75 Å². The van der Waals surface area contributed by atoms with E-state index in [1.54, 1.807) is 18.2 Å². The van der Waals surface area contributed by atoms with Crippen LogP contribution < -0.4 is 10.5 Å². The molecule has 0 amide bonds. The maximum absolute atomic E-state index is 10.7. The Hall–Kier alpha value is -1.71. The zero-order valence-electron chi connectivity index (χ0n) is 7.53. The van der Waals surface area contributed by atoms with E-state index in [1.807, 2.05) is 6.92 Å². The molecule has 0 aliphatic carbocycles. The first-order valence-corrected chi connectivity index (χ1v) is 3.75. The van der Waals surface area contributed by atoms with E-state index in [0.29, 0.717) is 11.4 Å². The second-order valence-electron chi connectivity index (χ2n) is 2.57. The molecule has 70 valence electrons. The van der Waals surface area contributed by atoms with Gasteiger partial charge in [-0.15, -0.1) is 0 Å². The van der Waals surface area contributed by atoms with Crippen LogP contribution in [0.15, 0.2) is 18.2 Å². The summed E-state index contributed by atoms with van der Waals surface area (Å²) < 4.78 is 9.08. The number of methoxy groups -OCH3 is 1. The van der Waals surface area contributed by atoms with Crippen molar-refractivity contribution in [2.45, 2.75) is 6.92 Å². The normalized spacial score (nSPS) is 9.38. The van der Waals surface area contributed by atoms with Crippen molar-refractivity contribution in [3.8, 4) is 5.75 Å². The second-order valence-corrected chi connectivity index (χ2v) is 2.57. The van der Waals surface area contributed by atoms with Gasteiger partial charge in [0, 0.05) is 11.8 Å². The van der Waals surface area contributed by atoms with Crippen LogP contribution in [0.1, 0.15) is 5.56 Å². The van der Waals surface area contributed by atoms with Crippen molar-refractivity contribution in [3.05, 3.63) is 23.8 Å². The molecule has 0 saturated heterocycles. The average molecular weight is 181 g/mol. The lowest BCUT2D eigenvalue weighted by Gasteiger charge is -2.04. The smallest absolute Gasteiger partial charge is 0.437 e. The van der Waals surface area contributed by atoms with E-state index in [2.05, 4.69) is 4.74 Å². The van der Waals surface area contributed by atoms with Crippen LogP contribution >= 0.6 is 0 Å². The standard InChI is InChI=1S/C9H11NO3/c1-6-3-4-7(5-8(6)10)13-9(11)12-2/h3-5H,10H2,1-2H3. The van der Waals surface area contributed by atoms with Crippen LogP contribution in [-0.2, 0) is 4.74 Å². The summed E-state index contributed by atoms with van der Waals surface area (Å²) in [5.74, 6) is 0.384. The molecule has 0 saturated carbocycles. The minimum absolute atomic E-state index is 0.384. The summed E-state index contributed by atoms with van der Waals surface area (Å²) in [6.45, 7) is 1.87. The van der Waals surface area contributed by atoms with Crippen molar-refractivity contribution in [2.75, 3.05) is 12.8 Å². The largest absolute Gasteiger partial charge is 0.513 e. The summed E-state index contributed by atoms with van der Waals surface area (Å²) in [5, 5.41) is 0. The number of hydrogen-bond acceptors (Lipinski definition) is 4. The lowest BCUT2D eigenvalue weighted by molar-refractivity contribution is 0.121. The van der Waals surface area contributed by atoms with Crippen LogP contribution in [-0.4, -0.2) is 13.3 Å². The van der Waals surface area contributed by atoms with Gasteiger partial charge in [0.25, 0.3) is 0 Å². The Bertz CT molecular complexity index is 323. The molecule has 0 unspecified atom stereocenters. The maximum atomic E-state index is 10.7. The summed E-state index contributed by atoms with van der Waals surface area (Å²) in [6, 6.07) is 5.00. The van der Waals surface area contributed by atoms with E-state index in [0.717, 1.165) is 5.56 Å². The predicted molar refractivity (Wildman–Crippen MR) is 48.6 cm³/mol. The topological polar surface area (TPSA) is 61.5 Å². The summed E-state index contributed by atoms with van der Waals surface area (Å²) in [4.78, 5) is 10.7. The number of carbonyl (C=O) groups excluding carboxylic acids is 1. The first-order valence-electron chi connectivity index (χ1n) is 3.75. The highest BCUT2D eigenvalue weighted by atomic mass is 16.7. The quantitative estimate of drug-likeness (QED) is 0.407. The zero-order chi connectivity index (χ0) is 9.84. The first kappa shape index (κ1) is 9.38. The molecule has 0 spiro atoms. The van der Waals surface area contributed by atoms with Crippen molar-refractivity contribution in [2.24, 2.45) is 0 Å². The fourth-order valence-electron chi connectivity index (χ4n) is 0.820. The Balaban J connectivity index is 2.79. The number of rotatable bonds is 1. The van der Waals surface area contributed by atoms with Gasteiger partial charge in [-0.3, -0.25) is 0 Å². The Kier molecular flexibility index (Phi) is 2.74. The van der Waals surface area contributed by atoms with Gasteiger partial charge >= 0.3 is 6.16 Å². The number of nitrogens with two attached hydrogens (primary N) is 1. The molecule has 0 heterocycles. The third kappa shape index (κ3) is 2.37. The highest BCUT2D eigenvalue weighted by Crippen LogP contribution is 2.19. The minimum Gasteiger partial charge on any atom is -0.437 e. The van der Waals surface area contributed by atoms with Crippen LogP contribution in [0, 0.1) is 6.92 Å². The molecule has 2 N–H and O–H groups in total. The monoisotopic (exact) mass is 181 g/mol. The van der Waals surface area contributed by atoms with Crippen molar-refractivity contribution in [1.29, 1.82) is 0 Å². The number of carbonyl (C=O) groups is 1. The minimum atomic E-state index is -0.747. The summed E-state index contributed by atoms with van der Waals surface area (Å²) in [7, 11) is 1.25. The third-order valence-corrected chi connectivity index (χ3v) is 1.62. The van der Waals surface area contributed by atoms with Crippen LogP contribution in [0.2, 0.25) is 0 Å². The van der Waals surface area contributed by atoms with E-state index in [-0.39, 0.29) is 0 Å². The summed E-state index contributed by atoms with van der Waals surface area (Å²) >= 11 is 0. The molecule has 1 aromatic rings. The highest BCUT2D eigenvalue weighted by Gasteiger charge is 2.03. The van der Waals surface area contributed by atoms with E-state index in [4.69, 9.17) is 10.5 Å². The molecule has 4 nitrogen and oxygen atoms in total. The molecule has 0 aromatic heterocycles. The van der Waals surface area contributed by atoms with Crippen LogP contribution in [0.25, 0.3) is 0 Å². The molecule has 0 fully saturated rings. The molecule has 1 rings (SSSR count). The van der Waals surface area contributed by atoms with Crippen molar-refractivity contribution < 1.29 is 14.3 Å². The SMILES string of the molecule is COC(=O)Oc1ccc(C)c(N)c1. The number of aryl methyl sites for hydroxylation is 1. The molecule has 0 atom stereocenters. The number of hydrogen-bond donors (Lipinski definition) is 1. The Morgan fingerprint density at radius 1 is 1.46 bits per heavy atom. The average Bonchev–Trinajstić information content (AvgIpc) is 2.11. The van der Waals surface area contributed by atoms with Crippen molar-refractivity contribution in [1.82, 2.24) is 0 Å². The van der Waals surface area contributed by atoms with Gasteiger partial charge in [0.05, 0.1) is 7.11 Å². The van der Waals surface area contributed by atoms with Gasteiger partial charge in [0.2, 0.25) is 0 Å². The summed E-state index contributed by atoms with van der Waals surface area (Å²) in [6.07, 6.45) is -0.747. The second kappa shape index (κ2) is 3.80. The van der Waals surface area contributed by atoms with Gasteiger partial charge in [0.1, 0.15) is 5.75 Å². The molecule has 13 heavy (non-hydrogen) atoms. The van der Waals surface area contributed by atoms with Gasteiger partial charge in [-0.1, -0.05) is 6.07 Å². The number of anilines is 1. The third-order valence-electron chi connectivity index (χ3n) is 1.62. The zero-order valence-corrected chi connectivity index (χ0v) is 7.53. The molecule has 0 bridgehead atoms. The van der Waals surface area contributed by atoms with Gasteiger partial charge < -0.3 is 15.2 Å². The highest BCUT2D eigenvalue weighted by molar-refractivity contribution is 5.64. The molecular formula is C9H11NO3. The Morgan fingerprint density at radius 3 is 2.69 bits per heavy atom. The van der Waals surface area contributed by atoms with Gasteiger partial charge in [-0.2, -0.15) is 0 Å². The lowest BCUT2D eigenvalue weighted by atomic mass is 10.2. The van der Waals surface area contributed by atoms with Gasteiger partial charge in [-0.25, -0.2) is 4.79 Å². The number of ether oxygens (including phenoxy) is 2. The predicted octanol–water partition coefficient (Wildman–Crippen LogP) is 1.72. The van der Waals surface area contributed by atoms with Crippen LogP contribution in [0.3, 0.4) is 0 Å². The molecule has 0 aliphatic rings. The molecule has 0 radical (unpaired) electrons. The fourth-order valence-corrected chi connectivity index (χ4v) is 0.820. The lowest BCUT2D eigenvalue weighted by Crippen LogP contribution is -2.07. The van der Waals surface area contributed by atoms with E-state index in [1.165, 1.54) is 7.11 Å². The molecule has 0 aliphatic heterocycles. The fraction of sp³-hybridized carbons (Fsp3) is 0.222. The van der Waals surface area contributed by atoms with E-state index < -0.39 is 6.16 Å².